The number of nitrogens with zero attached hydrogens (tertiary/aromatic N) is 5. The van der Waals surface area contributed by atoms with Gasteiger partial charge in [0.15, 0.2) is 0 Å². The first-order valence-corrected chi connectivity index (χ1v) is 14.1. The smallest absolute Gasteiger partial charge is 0.259 e. The van der Waals surface area contributed by atoms with Gasteiger partial charge in [0.1, 0.15) is 11.6 Å². The summed E-state index contributed by atoms with van der Waals surface area (Å²) >= 11 is 6.18. The molecule has 6 rings (SSSR count). The van der Waals surface area contributed by atoms with Crippen LogP contribution in [0.25, 0.3) is 33.3 Å². The van der Waals surface area contributed by atoms with Gasteiger partial charge in [-0.3, -0.25) is 9.69 Å². The standard InChI is InChI=1S/C31H33ClN6O2/c1-3-13-40-29-8-7-22(18-37-11-9-36(2)10-12-37)15-25(29)30-34-26-17-27-28(16-24(26)31(39)35-30)38(20-33-27)19-21-5-4-6-23(32)14-21/h4-8,14-17,20H,3,9-13,18-19H2,1-2H3,(H,34,35,39). The van der Waals surface area contributed by atoms with E-state index in [2.05, 4.69) is 45.9 Å². The second kappa shape index (κ2) is 11.4. The van der Waals surface area contributed by atoms with Crippen molar-refractivity contribution in [2.75, 3.05) is 39.8 Å². The molecule has 3 heterocycles. The Labute approximate surface area is 238 Å². The zero-order valence-corrected chi connectivity index (χ0v) is 23.6. The number of hydrogen-bond donors (Lipinski definition) is 1. The summed E-state index contributed by atoms with van der Waals surface area (Å²) in [5, 5.41) is 1.21. The zero-order chi connectivity index (χ0) is 27.6. The van der Waals surface area contributed by atoms with E-state index in [1.165, 1.54) is 5.56 Å². The van der Waals surface area contributed by atoms with Gasteiger partial charge in [-0.15, -0.1) is 0 Å². The minimum absolute atomic E-state index is 0.191. The highest BCUT2D eigenvalue weighted by Gasteiger charge is 2.18. The van der Waals surface area contributed by atoms with Crippen LogP contribution in [0, 0.1) is 0 Å². The van der Waals surface area contributed by atoms with Crippen LogP contribution in [0.4, 0.5) is 0 Å². The summed E-state index contributed by atoms with van der Waals surface area (Å²) in [4.78, 5) is 30.8. The van der Waals surface area contributed by atoms with E-state index in [-0.39, 0.29) is 5.56 Å². The number of imidazole rings is 1. The number of rotatable bonds is 8. The van der Waals surface area contributed by atoms with Gasteiger partial charge in [0, 0.05) is 44.3 Å². The first-order valence-electron chi connectivity index (χ1n) is 13.8. The number of benzene rings is 3. The highest BCUT2D eigenvalue weighted by molar-refractivity contribution is 6.30. The molecule has 8 nitrogen and oxygen atoms in total. The molecule has 1 aliphatic rings. The number of nitrogens with one attached hydrogen (secondary N) is 1. The summed E-state index contributed by atoms with van der Waals surface area (Å²) in [5.74, 6) is 1.22. The summed E-state index contributed by atoms with van der Waals surface area (Å²) < 4.78 is 8.10. The molecule has 0 radical (unpaired) electrons. The second-order valence-electron chi connectivity index (χ2n) is 10.5. The van der Waals surface area contributed by atoms with Crippen LogP contribution in [0.15, 0.2) is 65.7 Å². The Morgan fingerprint density at radius 2 is 1.80 bits per heavy atom. The summed E-state index contributed by atoms with van der Waals surface area (Å²) in [6.07, 6.45) is 2.68. The van der Waals surface area contributed by atoms with Gasteiger partial charge in [-0.05, 0) is 61.0 Å². The molecule has 5 aromatic rings. The molecule has 9 heteroatoms. The van der Waals surface area contributed by atoms with Gasteiger partial charge < -0.3 is 19.2 Å². The molecule has 2 aromatic heterocycles. The van der Waals surface area contributed by atoms with E-state index in [0.29, 0.717) is 34.9 Å². The van der Waals surface area contributed by atoms with Crippen molar-refractivity contribution in [3.05, 3.63) is 87.4 Å². The number of fused-ring (bicyclic) bond motifs is 2. The van der Waals surface area contributed by atoms with E-state index < -0.39 is 0 Å². The van der Waals surface area contributed by atoms with Crippen LogP contribution in [-0.2, 0) is 13.1 Å². The van der Waals surface area contributed by atoms with Crippen LogP contribution in [0.5, 0.6) is 5.75 Å². The number of aromatic nitrogens is 4. The van der Waals surface area contributed by atoms with Crippen LogP contribution in [-0.4, -0.2) is 69.2 Å². The summed E-state index contributed by atoms with van der Waals surface area (Å²) in [7, 11) is 2.16. The Balaban J connectivity index is 1.37. The fraction of sp³-hybridized carbons (Fsp3) is 0.323. The maximum atomic E-state index is 13.4. The monoisotopic (exact) mass is 556 g/mol. The first-order chi connectivity index (χ1) is 19.5. The van der Waals surface area contributed by atoms with E-state index in [4.69, 9.17) is 21.3 Å². The average molecular weight is 557 g/mol. The number of aromatic amines is 1. The maximum absolute atomic E-state index is 13.4. The number of H-pyrrole nitrogens is 1. The fourth-order valence-corrected chi connectivity index (χ4v) is 5.45. The Morgan fingerprint density at radius 1 is 0.975 bits per heavy atom. The van der Waals surface area contributed by atoms with Gasteiger partial charge in [0.2, 0.25) is 0 Å². The van der Waals surface area contributed by atoms with E-state index >= 15 is 0 Å². The van der Waals surface area contributed by atoms with Gasteiger partial charge in [-0.25, -0.2) is 9.97 Å². The number of piperazine rings is 1. The van der Waals surface area contributed by atoms with Crippen LogP contribution in [0.3, 0.4) is 0 Å². The lowest BCUT2D eigenvalue weighted by atomic mass is 10.1. The molecule has 0 unspecified atom stereocenters. The normalized spacial score (nSPS) is 14.8. The van der Waals surface area contributed by atoms with Crippen LogP contribution >= 0.6 is 11.6 Å². The molecule has 0 saturated carbocycles. The molecule has 1 aliphatic heterocycles. The van der Waals surface area contributed by atoms with Crippen molar-refractivity contribution in [3.8, 4) is 17.1 Å². The summed E-state index contributed by atoms with van der Waals surface area (Å²) in [5.41, 5.74) is 5.09. The van der Waals surface area contributed by atoms with Crippen LogP contribution < -0.4 is 10.3 Å². The van der Waals surface area contributed by atoms with E-state index in [1.54, 1.807) is 6.33 Å². The predicted octanol–water partition coefficient (Wildman–Crippen LogP) is 5.18. The first kappa shape index (κ1) is 26.5. The molecule has 40 heavy (non-hydrogen) atoms. The van der Waals surface area contributed by atoms with Crippen molar-refractivity contribution in [2.45, 2.75) is 26.4 Å². The Bertz CT molecular complexity index is 1720. The molecule has 3 aromatic carbocycles. The molecule has 1 saturated heterocycles. The molecule has 0 amide bonds. The van der Waals surface area contributed by atoms with E-state index in [1.807, 2.05) is 47.0 Å². The zero-order valence-electron chi connectivity index (χ0n) is 22.9. The van der Waals surface area contributed by atoms with E-state index in [0.717, 1.165) is 67.1 Å². The van der Waals surface area contributed by atoms with Crippen molar-refractivity contribution < 1.29 is 4.74 Å². The third-order valence-corrected chi connectivity index (χ3v) is 7.69. The quantitative estimate of drug-likeness (QED) is 0.284. The van der Waals surface area contributed by atoms with Gasteiger partial charge in [0.05, 0.1) is 40.4 Å². The molecular weight excluding hydrogens is 524 g/mol. The molecular formula is C31H33ClN6O2. The van der Waals surface area contributed by atoms with Crippen molar-refractivity contribution in [2.24, 2.45) is 0 Å². The molecule has 0 spiro atoms. The molecule has 206 valence electrons. The molecule has 1 fully saturated rings. The van der Waals surface area contributed by atoms with E-state index in [9.17, 15) is 4.79 Å². The molecule has 0 bridgehead atoms. The Hall–Kier alpha value is -3.72. The highest BCUT2D eigenvalue weighted by Crippen LogP contribution is 2.31. The maximum Gasteiger partial charge on any atom is 0.259 e. The third-order valence-electron chi connectivity index (χ3n) is 7.45. The minimum atomic E-state index is -0.191. The summed E-state index contributed by atoms with van der Waals surface area (Å²) in [6, 6.07) is 17.7. The van der Waals surface area contributed by atoms with Crippen molar-refractivity contribution in [1.82, 2.24) is 29.3 Å². The average Bonchev–Trinajstić information content (AvgIpc) is 3.33. The summed E-state index contributed by atoms with van der Waals surface area (Å²) in [6.45, 7) is 8.31. The van der Waals surface area contributed by atoms with Crippen LogP contribution in [0.1, 0.15) is 24.5 Å². The minimum Gasteiger partial charge on any atom is -0.493 e. The van der Waals surface area contributed by atoms with Crippen molar-refractivity contribution >= 4 is 33.5 Å². The lowest BCUT2D eigenvalue weighted by Gasteiger charge is -2.32. The lowest BCUT2D eigenvalue weighted by Crippen LogP contribution is -2.43. The van der Waals surface area contributed by atoms with Crippen molar-refractivity contribution in [3.63, 3.8) is 0 Å². The predicted molar refractivity (Wildman–Crippen MR) is 160 cm³/mol. The molecule has 0 aliphatic carbocycles. The number of hydrogen-bond acceptors (Lipinski definition) is 6. The number of halogens is 1. The van der Waals surface area contributed by atoms with Gasteiger partial charge in [-0.2, -0.15) is 0 Å². The van der Waals surface area contributed by atoms with Gasteiger partial charge in [-0.1, -0.05) is 36.7 Å². The second-order valence-corrected chi connectivity index (χ2v) is 11.0. The van der Waals surface area contributed by atoms with Crippen LogP contribution in [0.2, 0.25) is 5.02 Å². The lowest BCUT2D eigenvalue weighted by molar-refractivity contribution is 0.148. The highest BCUT2D eigenvalue weighted by atomic mass is 35.5. The topological polar surface area (TPSA) is 79.3 Å². The number of ether oxygens (including phenoxy) is 1. The van der Waals surface area contributed by atoms with Gasteiger partial charge >= 0.3 is 0 Å². The largest absolute Gasteiger partial charge is 0.493 e. The molecule has 1 N–H and O–H groups in total. The third kappa shape index (κ3) is 5.61. The number of likely N-dealkylation sites (N-methyl/N-ethyl adjacent to an activating group) is 1. The Kier molecular flexibility index (Phi) is 7.56. The fourth-order valence-electron chi connectivity index (χ4n) is 5.24. The van der Waals surface area contributed by atoms with Gasteiger partial charge in [0.25, 0.3) is 5.56 Å². The molecule has 0 atom stereocenters. The SMILES string of the molecule is CCCOc1ccc(CN2CCN(C)CC2)cc1-c1nc2cc3ncn(Cc4cccc(Cl)c4)c3cc2c(=O)[nH]1. The van der Waals surface area contributed by atoms with Crippen molar-refractivity contribution in [1.29, 1.82) is 0 Å². The Morgan fingerprint density at radius 3 is 2.60 bits per heavy atom.